The Kier molecular flexibility index (Phi) is 14.2. The van der Waals surface area contributed by atoms with Gasteiger partial charge in [-0.1, -0.05) is 65.0 Å². The Labute approximate surface area is 251 Å². The molecule has 0 radical (unpaired) electrons. The highest BCUT2D eigenvalue weighted by Gasteiger charge is 2.64. The van der Waals surface area contributed by atoms with E-state index in [0.29, 0.717) is 0 Å². The van der Waals surface area contributed by atoms with E-state index in [0.717, 1.165) is 19.2 Å². The van der Waals surface area contributed by atoms with Gasteiger partial charge in [-0.2, -0.15) is 13.2 Å². The van der Waals surface area contributed by atoms with Crippen LogP contribution >= 0.6 is 0 Å². The maximum atomic E-state index is 14.5. The number of unbranched alkanes of at least 4 members (excludes halogenated alkanes) is 1. The number of terminal acetylenes is 1. The average molecular weight is 613 g/mol. The van der Waals surface area contributed by atoms with Crippen molar-refractivity contribution in [2.24, 2.45) is 17.8 Å². The van der Waals surface area contributed by atoms with E-state index < -0.39 is 71.1 Å². The lowest BCUT2D eigenvalue weighted by molar-refractivity contribution is -0.278. The molecule has 0 unspecified atom stereocenters. The van der Waals surface area contributed by atoms with Crippen LogP contribution in [0.5, 0.6) is 0 Å². The summed E-state index contributed by atoms with van der Waals surface area (Å²) in [6, 6.07) is 4.29. The molecule has 240 valence electrons. The van der Waals surface area contributed by atoms with Crippen molar-refractivity contribution in [3.8, 4) is 12.3 Å². The second kappa shape index (κ2) is 16.3. The highest BCUT2D eigenvalue weighted by atomic mass is 19.4. The van der Waals surface area contributed by atoms with E-state index in [2.05, 4.69) is 11.2 Å². The first-order valence-electron chi connectivity index (χ1n) is 14.0. The molecule has 12 heteroatoms. The summed E-state index contributed by atoms with van der Waals surface area (Å²) < 4.78 is 58.4. The molecule has 0 aliphatic rings. The van der Waals surface area contributed by atoms with Crippen molar-refractivity contribution in [2.75, 3.05) is 21.3 Å². The number of hydrogen-bond donors (Lipinski definition) is 1. The summed E-state index contributed by atoms with van der Waals surface area (Å²) >= 11 is 0. The van der Waals surface area contributed by atoms with Crippen molar-refractivity contribution in [1.82, 2.24) is 10.2 Å². The summed E-state index contributed by atoms with van der Waals surface area (Å²) in [5, 5.41) is 2.64. The molecule has 0 spiro atoms. The number of likely N-dealkylation sites (N-methyl/N-ethyl adjacent to an activating group) is 1. The molecule has 9 nitrogen and oxygen atoms in total. The largest absolute Gasteiger partial charge is 0.467 e. The van der Waals surface area contributed by atoms with Crippen molar-refractivity contribution in [1.29, 1.82) is 0 Å². The summed E-state index contributed by atoms with van der Waals surface area (Å²) in [6.45, 7) is 8.23. The average Bonchev–Trinajstić information content (AvgIpc) is 2.94. The van der Waals surface area contributed by atoms with Crippen LogP contribution in [-0.2, 0) is 39.0 Å². The molecular formula is C31H43F3N2O7. The number of carbonyl (C=O) groups is 4. The van der Waals surface area contributed by atoms with Crippen LogP contribution in [0.25, 0.3) is 0 Å². The summed E-state index contributed by atoms with van der Waals surface area (Å²) in [6.07, 6.45) is -0.790. The van der Waals surface area contributed by atoms with Crippen LogP contribution in [-0.4, -0.2) is 74.3 Å². The number of benzene rings is 1. The van der Waals surface area contributed by atoms with Crippen LogP contribution in [0.1, 0.15) is 59.4 Å². The quantitative estimate of drug-likeness (QED) is 0.179. The minimum atomic E-state index is -5.21. The van der Waals surface area contributed by atoms with Gasteiger partial charge in [-0.25, -0.2) is 9.59 Å². The molecule has 0 bridgehead atoms. The lowest BCUT2D eigenvalue weighted by atomic mass is 9.91. The van der Waals surface area contributed by atoms with Crippen molar-refractivity contribution in [3.63, 3.8) is 0 Å². The molecular weight excluding hydrogens is 569 g/mol. The number of rotatable bonds is 15. The van der Waals surface area contributed by atoms with E-state index in [-0.39, 0.29) is 25.2 Å². The number of esters is 2. The normalized spacial score (nSPS) is 15.8. The summed E-state index contributed by atoms with van der Waals surface area (Å²) in [5.41, 5.74) is -3.94. The highest BCUT2D eigenvalue weighted by Crippen LogP contribution is 2.43. The Morgan fingerprint density at radius 2 is 1.58 bits per heavy atom. The van der Waals surface area contributed by atoms with E-state index in [4.69, 9.17) is 20.6 Å². The van der Waals surface area contributed by atoms with Gasteiger partial charge in [-0.05, 0) is 24.7 Å². The smallest absolute Gasteiger partial charge is 0.432 e. The monoisotopic (exact) mass is 612 g/mol. The van der Waals surface area contributed by atoms with Gasteiger partial charge >= 0.3 is 18.1 Å². The van der Waals surface area contributed by atoms with E-state index >= 15 is 0 Å². The first kappa shape index (κ1) is 37.4. The zero-order valence-electron chi connectivity index (χ0n) is 26.0. The van der Waals surface area contributed by atoms with Gasteiger partial charge in [0.2, 0.25) is 11.8 Å². The fraction of sp³-hybridized carbons (Fsp3) is 0.613. The van der Waals surface area contributed by atoms with Gasteiger partial charge in [0.1, 0.15) is 18.2 Å². The van der Waals surface area contributed by atoms with Gasteiger partial charge in [0.25, 0.3) is 5.60 Å². The molecule has 2 amide bonds. The molecule has 0 aliphatic carbocycles. The zero-order valence-corrected chi connectivity index (χ0v) is 26.0. The van der Waals surface area contributed by atoms with Gasteiger partial charge in [-0.3, -0.25) is 9.59 Å². The summed E-state index contributed by atoms with van der Waals surface area (Å²) in [7, 11) is 3.37. The third-order valence-electron chi connectivity index (χ3n) is 7.28. The van der Waals surface area contributed by atoms with Gasteiger partial charge in [0.15, 0.2) is 0 Å². The maximum absolute atomic E-state index is 14.5. The Morgan fingerprint density at radius 3 is 2.02 bits per heavy atom. The van der Waals surface area contributed by atoms with Gasteiger partial charge < -0.3 is 24.4 Å². The van der Waals surface area contributed by atoms with Gasteiger partial charge in [0, 0.05) is 26.1 Å². The molecule has 43 heavy (non-hydrogen) atoms. The van der Waals surface area contributed by atoms with Crippen LogP contribution in [0.4, 0.5) is 13.2 Å². The fourth-order valence-electron chi connectivity index (χ4n) is 4.75. The Bertz CT molecular complexity index is 1130. The maximum Gasteiger partial charge on any atom is 0.432 e. The molecule has 1 N–H and O–H groups in total. The number of hydrogen-bond acceptors (Lipinski definition) is 7. The molecule has 0 fully saturated rings. The molecule has 0 heterocycles. The van der Waals surface area contributed by atoms with Crippen molar-refractivity contribution < 1.29 is 46.6 Å². The lowest BCUT2D eigenvalue weighted by Crippen LogP contribution is -2.57. The van der Waals surface area contributed by atoms with Crippen molar-refractivity contribution >= 4 is 23.8 Å². The zero-order chi connectivity index (χ0) is 33.1. The molecule has 0 aromatic heterocycles. The predicted octanol–water partition coefficient (Wildman–Crippen LogP) is 4.24. The number of nitrogens with zero attached hydrogens (tertiary/aromatic N) is 1. The number of methoxy groups -OCH3 is 2. The second-order valence-electron chi connectivity index (χ2n) is 11.0. The van der Waals surface area contributed by atoms with Gasteiger partial charge in [0.05, 0.1) is 13.0 Å². The highest BCUT2D eigenvalue weighted by molar-refractivity contribution is 5.91. The van der Waals surface area contributed by atoms with Crippen LogP contribution in [0.15, 0.2) is 30.3 Å². The van der Waals surface area contributed by atoms with Crippen molar-refractivity contribution in [3.05, 3.63) is 35.9 Å². The minimum absolute atomic E-state index is 0.0328. The van der Waals surface area contributed by atoms with Crippen LogP contribution in [0, 0.1) is 30.1 Å². The first-order valence-corrected chi connectivity index (χ1v) is 14.0. The molecule has 0 aliphatic heterocycles. The Hall–Kier alpha value is -3.59. The molecule has 1 aromatic carbocycles. The number of alkyl halides is 3. The van der Waals surface area contributed by atoms with Crippen LogP contribution in [0.2, 0.25) is 0 Å². The predicted molar refractivity (Wildman–Crippen MR) is 153 cm³/mol. The molecule has 0 saturated carbocycles. The van der Waals surface area contributed by atoms with E-state index in [1.807, 2.05) is 0 Å². The topological polar surface area (TPSA) is 111 Å². The fourth-order valence-corrected chi connectivity index (χ4v) is 4.75. The third kappa shape index (κ3) is 8.95. The number of amides is 2. The van der Waals surface area contributed by atoms with E-state index in [9.17, 15) is 32.3 Å². The number of ether oxygens (including phenoxy) is 3. The summed E-state index contributed by atoms with van der Waals surface area (Å²) in [4.78, 5) is 53.8. The SMILES string of the molecule is C#CCCC[C@@H](OC(=O)[C@](OC)(c1ccccc1)C(F)(F)F)[C@H](C)C(=O)N[C@H](C(=O)N(C)[C@H](C(=O)OC)C(C)C)C(C)C. The Morgan fingerprint density at radius 1 is 1.00 bits per heavy atom. The second-order valence-corrected chi connectivity index (χ2v) is 11.0. The standard InChI is InChI=1S/C31H43F3N2O7/c1-10-11-13-18-23(43-29(40)30(42-9,31(32,33)34)22-16-14-12-15-17-22)21(6)26(37)35-24(19(2)3)27(38)36(7)25(20(4)5)28(39)41-8/h1,12,14-17,19-21,23-25H,11,13,18H2,2-9H3,(H,35,37)/t21-,23+,24-,25-,30+/m0/s1. The van der Waals surface area contributed by atoms with Crippen molar-refractivity contribution in [2.45, 2.75) is 83.8 Å². The number of nitrogens with one attached hydrogen (secondary N) is 1. The lowest BCUT2D eigenvalue weighted by Gasteiger charge is -2.35. The van der Waals surface area contributed by atoms with E-state index in [1.165, 1.54) is 44.2 Å². The van der Waals surface area contributed by atoms with Gasteiger partial charge in [-0.15, -0.1) is 12.3 Å². The number of halogens is 3. The number of carbonyl (C=O) groups excluding carboxylic acids is 4. The molecule has 0 saturated heterocycles. The first-order chi connectivity index (χ1) is 20.0. The third-order valence-corrected chi connectivity index (χ3v) is 7.28. The molecule has 1 aromatic rings. The van der Waals surface area contributed by atoms with Crippen LogP contribution < -0.4 is 5.32 Å². The minimum Gasteiger partial charge on any atom is -0.467 e. The summed E-state index contributed by atoms with van der Waals surface area (Å²) in [5.74, 6) is -3.21. The molecule has 1 rings (SSSR count). The Balaban J connectivity index is 3.38. The van der Waals surface area contributed by atoms with Crippen LogP contribution in [0.3, 0.4) is 0 Å². The molecule has 5 atom stereocenters. The van der Waals surface area contributed by atoms with E-state index in [1.54, 1.807) is 27.7 Å².